The molecule has 8 nitrogen and oxygen atoms in total. The first-order valence-corrected chi connectivity index (χ1v) is 11.2. The zero-order valence-corrected chi connectivity index (χ0v) is 17.3. The van der Waals surface area contributed by atoms with Crippen LogP contribution in [0.15, 0.2) is 12.1 Å². The monoisotopic (exact) mass is 473 g/mol. The Morgan fingerprint density at radius 1 is 1.13 bits per heavy atom. The zero-order chi connectivity index (χ0) is 22.5. The number of hydrogen-bond donors (Lipinski definition) is 0. The van der Waals surface area contributed by atoms with Gasteiger partial charge < -0.3 is 23.1 Å². The molecule has 0 aromatic carbocycles. The van der Waals surface area contributed by atoms with Crippen LogP contribution in [0.3, 0.4) is 0 Å². The van der Waals surface area contributed by atoms with Gasteiger partial charge in [0.25, 0.3) is 0 Å². The number of pyridine rings is 1. The zero-order valence-electron chi connectivity index (χ0n) is 16.5. The smallest absolute Gasteiger partial charge is 0.475 e. The molecule has 1 atom stereocenters. The summed E-state index contributed by atoms with van der Waals surface area (Å²) in [6, 6.07) is 1.68. The molecule has 0 radical (unpaired) electrons. The minimum atomic E-state index is -5.95. The third-order valence-electron chi connectivity index (χ3n) is 4.78. The Morgan fingerprint density at radius 2 is 1.87 bits per heavy atom. The molecule has 0 saturated carbocycles. The Labute approximate surface area is 176 Å². The third-order valence-corrected chi connectivity index (χ3v) is 5.76. The molecule has 0 aliphatic carbocycles. The van der Waals surface area contributed by atoms with Crippen molar-refractivity contribution in [3.63, 3.8) is 0 Å². The summed E-state index contributed by atoms with van der Waals surface area (Å²) >= 11 is 0. The van der Waals surface area contributed by atoms with Crippen molar-refractivity contribution in [2.45, 2.75) is 49.6 Å². The van der Waals surface area contributed by atoms with Crippen LogP contribution in [0, 0.1) is 0 Å². The van der Waals surface area contributed by atoms with Crippen LogP contribution in [0.25, 0.3) is 0 Å². The van der Waals surface area contributed by atoms with Crippen molar-refractivity contribution in [2.24, 2.45) is 0 Å². The maximum Gasteiger partial charge on any atom is 0.534 e. The average molecular weight is 473 g/mol. The second-order valence-electron chi connectivity index (χ2n) is 7.10. The standard InChI is InChI=1S/C18H23F4NO7S/c19-17(4-7-26-8-5-17)14-11-13(30-31(24,25)18(20,21)22)12-15(23-14)27-9-10-29-16-3-1-2-6-28-16/h11-12,16H,1-10H2. The molecule has 0 N–H and O–H groups in total. The van der Waals surface area contributed by atoms with Gasteiger partial charge in [-0.05, 0) is 19.3 Å². The molecule has 2 fully saturated rings. The van der Waals surface area contributed by atoms with Crippen LogP contribution in [0.5, 0.6) is 11.6 Å². The molecule has 176 valence electrons. The van der Waals surface area contributed by atoms with Gasteiger partial charge in [0.15, 0.2) is 12.0 Å². The van der Waals surface area contributed by atoms with Gasteiger partial charge in [-0.25, -0.2) is 9.37 Å². The van der Waals surface area contributed by atoms with Crippen LogP contribution < -0.4 is 8.92 Å². The predicted octanol–water partition coefficient (Wildman–Crippen LogP) is 3.21. The third kappa shape index (κ3) is 6.40. The van der Waals surface area contributed by atoms with E-state index < -0.39 is 27.0 Å². The van der Waals surface area contributed by atoms with Gasteiger partial charge in [-0.1, -0.05) is 0 Å². The minimum absolute atomic E-state index is 0.0653. The van der Waals surface area contributed by atoms with Crippen molar-refractivity contribution in [1.29, 1.82) is 0 Å². The fourth-order valence-electron chi connectivity index (χ4n) is 3.13. The van der Waals surface area contributed by atoms with Crippen molar-refractivity contribution in [3.05, 3.63) is 17.8 Å². The average Bonchev–Trinajstić information content (AvgIpc) is 2.71. The Kier molecular flexibility index (Phi) is 7.60. The molecule has 13 heteroatoms. The van der Waals surface area contributed by atoms with E-state index in [-0.39, 0.29) is 57.1 Å². The highest BCUT2D eigenvalue weighted by Gasteiger charge is 2.49. The summed E-state index contributed by atoms with van der Waals surface area (Å²) in [6.07, 6.45) is 2.07. The molecule has 1 aromatic heterocycles. The molecule has 3 rings (SSSR count). The maximum atomic E-state index is 15.3. The van der Waals surface area contributed by atoms with Crippen molar-refractivity contribution < 1.29 is 49.1 Å². The lowest BCUT2D eigenvalue weighted by atomic mass is 9.92. The Balaban J connectivity index is 1.74. The summed E-state index contributed by atoms with van der Waals surface area (Å²) in [5.74, 6) is -1.04. The molecule has 0 spiro atoms. The van der Waals surface area contributed by atoms with E-state index in [4.69, 9.17) is 18.9 Å². The fourth-order valence-corrected chi connectivity index (χ4v) is 3.57. The first-order valence-electron chi connectivity index (χ1n) is 9.75. The predicted molar refractivity (Wildman–Crippen MR) is 97.7 cm³/mol. The van der Waals surface area contributed by atoms with Gasteiger partial charge in [0, 0.05) is 31.6 Å². The second-order valence-corrected chi connectivity index (χ2v) is 8.64. The SMILES string of the molecule is O=S(=O)(Oc1cc(OCCOC2CCCCO2)nc(C2(F)CCOCC2)c1)C(F)(F)F. The van der Waals surface area contributed by atoms with Gasteiger partial charge in [-0.15, -0.1) is 0 Å². The van der Waals surface area contributed by atoms with E-state index >= 15 is 4.39 Å². The second kappa shape index (κ2) is 9.84. The number of hydrogen-bond acceptors (Lipinski definition) is 8. The van der Waals surface area contributed by atoms with E-state index in [1.807, 2.05) is 0 Å². The van der Waals surface area contributed by atoms with Gasteiger partial charge in [-0.3, -0.25) is 0 Å². The number of halogens is 4. The van der Waals surface area contributed by atoms with Gasteiger partial charge in [-0.2, -0.15) is 21.6 Å². The summed E-state index contributed by atoms with van der Waals surface area (Å²) in [7, 11) is -5.95. The number of rotatable bonds is 8. The molecule has 2 aliphatic heterocycles. The first-order chi connectivity index (χ1) is 14.6. The molecule has 1 aromatic rings. The van der Waals surface area contributed by atoms with Crippen molar-refractivity contribution in [3.8, 4) is 11.6 Å². The number of nitrogens with zero attached hydrogens (tertiary/aromatic N) is 1. The first kappa shape index (κ1) is 24.0. The molecule has 1 unspecified atom stereocenters. The Hall–Kier alpha value is -1.70. The Morgan fingerprint density at radius 3 is 2.52 bits per heavy atom. The van der Waals surface area contributed by atoms with Gasteiger partial charge in [0.05, 0.1) is 25.5 Å². The van der Waals surface area contributed by atoms with Crippen LogP contribution in [-0.4, -0.2) is 58.2 Å². The number of aromatic nitrogens is 1. The summed E-state index contributed by atoms with van der Waals surface area (Å²) in [6.45, 7) is 0.767. The van der Waals surface area contributed by atoms with E-state index in [1.165, 1.54) is 0 Å². The van der Waals surface area contributed by atoms with Gasteiger partial charge in [0.1, 0.15) is 12.4 Å². The lowest BCUT2D eigenvalue weighted by Crippen LogP contribution is -2.31. The normalized spacial score (nSPS) is 22.1. The topological polar surface area (TPSA) is 93.2 Å². The Bertz CT molecular complexity index is 838. The maximum absolute atomic E-state index is 15.3. The van der Waals surface area contributed by atoms with Gasteiger partial charge in [0.2, 0.25) is 5.88 Å². The van der Waals surface area contributed by atoms with Crippen molar-refractivity contribution in [1.82, 2.24) is 4.98 Å². The highest BCUT2D eigenvalue weighted by Crippen LogP contribution is 2.38. The van der Waals surface area contributed by atoms with E-state index in [0.717, 1.165) is 31.4 Å². The van der Waals surface area contributed by atoms with Gasteiger partial charge >= 0.3 is 15.6 Å². The van der Waals surface area contributed by atoms with Crippen LogP contribution in [-0.2, 0) is 30.0 Å². The van der Waals surface area contributed by atoms with Crippen molar-refractivity contribution in [2.75, 3.05) is 33.0 Å². The molecular weight excluding hydrogens is 450 g/mol. The lowest BCUT2D eigenvalue weighted by molar-refractivity contribution is -0.165. The number of alkyl halides is 4. The highest BCUT2D eigenvalue weighted by atomic mass is 32.2. The molecule has 0 bridgehead atoms. The molecule has 2 saturated heterocycles. The minimum Gasteiger partial charge on any atom is -0.475 e. The summed E-state index contributed by atoms with van der Waals surface area (Å²) in [5.41, 5.74) is -7.96. The summed E-state index contributed by atoms with van der Waals surface area (Å²) < 4.78 is 102. The molecule has 2 aliphatic rings. The highest BCUT2D eigenvalue weighted by molar-refractivity contribution is 7.88. The largest absolute Gasteiger partial charge is 0.534 e. The molecule has 0 amide bonds. The van der Waals surface area contributed by atoms with Crippen LogP contribution in [0.4, 0.5) is 17.6 Å². The fraction of sp³-hybridized carbons (Fsp3) is 0.722. The lowest BCUT2D eigenvalue weighted by Gasteiger charge is -2.29. The van der Waals surface area contributed by atoms with E-state index in [2.05, 4.69) is 9.17 Å². The quantitative estimate of drug-likeness (QED) is 0.246. The summed E-state index contributed by atoms with van der Waals surface area (Å²) in [5, 5.41) is 0. The van der Waals surface area contributed by atoms with Crippen LogP contribution in [0.1, 0.15) is 37.8 Å². The van der Waals surface area contributed by atoms with Crippen LogP contribution in [0.2, 0.25) is 0 Å². The van der Waals surface area contributed by atoms with Crippen LogP contribution >= 0.6 is 0 Å². The van der Waals surface area contributed by atoms with E-state index in [0.29, 0.717) is 6.61 Å². The molecule has 3 heterocycles. The number of ether oxygens (including phenoxy) is 4. The summed E-state index contributed by atoms with van der Waals surface area (Å²) in [4.78, 5) is 4.01. The van der Waals surface area contributed by atoms with E-state index in [9.17, 15) is 21.6 Å². The molecular formula is C18H23F4NO7S. The van der Waals surface area contributed by atoms with E-state index in [1.54, 1.807) is 0 Å². The molecule has 31 heavy (non-hydrogen) atoms. The van der Waals surface area contributed by atoms with Crippen molar-refractivity contribution >= 4 is 10.1 Å².